The van der Waals surface area contributed by atoms with Gasteiger partial charge in [-0.05, 0) is 36.7 Å². The molecule has 1 aliphatic rings. The normalized spacial score (nSPS) is 26.3. The number of nitriles is 1. The molecule has 1 aromatic heterocycles. The fraction of sp³-hybridized carbons (Fsp3) is 0.600. The van der Waals surface area contributed by atoms with Crippen molar-refractivity contribution in [3.63, 3.8) is 0 Å². The van der Waals surface area contributed by atoms with Crippen LogP contribution in [0.3, 0.4) is 0 Å². The largest absolute Gasteiger partial charge is 0.474 e. The number of rotatable bonds is 2. The fourth-order valence-electron chi connectivity index (χ4n) is 3.06. The lowest BCUT2D eigenvalue weighted by molar-refractivity contribution is 0.0532. The lowest BCUT2D eigenvalue weighted by atomic mass is 9.71. The molecule has 96 valence electrons. The third-order valence-corrected chi connectivity index (χ3v) is 3.50. The van der Waals surface area contributed by atoms with Crippen LogP contribution in [-0.4, -0.2) is 11.1 Å². The molecular weight excluding hydrogens is 224 g/mol. The van der Waals surface area contributed by atoms with Gasteiger partial charge in [-0.1, -0.05) is 20.8 Å². The van der Waals surface area contributed by atoms with E-state index in [0.29, 0.717) is 22.8 Å². The summed E-state index contributed by atoms with van der Waals surface area (Å²) >= 11 is 0. The molecule has 0 spiro atoms. The summed E-state index contributed by atoms with van der Waals surface area (Å²) in [5.41, 5.74) is 0.929. The number of pyridine rings is 1. The number of hydrogen-bond acceptors (Lipinski definition) is 3. The summed E-state index contributed by atoms with van der Waals surface area (Å²) in [5.74, 6) is 1.25. The highest BCUT2D eigenvalue weighted by atomic mass is 16.5. The molecule has 3 heteroatoms. The van der Waals surface area contributed by atoms with E-state index in [2.05, 4.69) is 31.8 Å². The zero-order chi connectivity index (χ0) is 13.2. The first-order valence-corrected chi connectivity index (χ1v) is 6.51. The van der Waals surface area contributed by atoms with Crippen LogP contribution in [0.15, 0.2) is 18.3 Å². The molecule has 18 heavy (non-hydrogen) atoms. The number of hydrogen-bond donors (Lipinski definition) is 0. The molecule has 2 unspecified atom stereocenters. The lowest BCUT2D eigenvalue weighted by Crippen LogP contribution is -2.34. The maximum Gasteiger partial charge on any atom is 0.214 e. The van der Waals surface area contributed by atoms with Gasteiger partial charge in [0.1, 0.15) is 6.10 Å². The topological polar surface area (TPSA) is 45.9 Å². The smallest absolute Gasteiger partial charge is 0.214 e. The van der Waals surface area contributed by atoms with Gasteiger partial charge in [0.15, 0.2) is 0 Å². The quantitative estimate of drug-likeness (QED) is 0.799. The molecule has 1 fully saturated rings. The van der Waals surface area contributed by atoms with Crippen molar-refractivity contribution in [3.8, 4) is 11.9 Å². The molecule has 0 saturated heterocycles. The Morgan fingerprint density at radius 1 is 1.44 bits per heavy atom. The second kappa shape index (κ2) is 4.97. The van der Waals surface area contributed by atoms with Crippen LogP contribution in [0.25, 0.3) is 0 Å². The second-order valence-electron chi connectivity index (χ2n) is 6.15. The molecule has 1 aliphatic carbocycles. The van der Waals surface area contributed by atoms with Crippen molar-refractivity contribution in [1.82, 2.24) is 4.98 Å². The molecule has 2 rings (SSSR count). The van der Waals surface area contributed by atoms with Crippen molar-refractivity contribution in [3.05, 3.63) is 23.9 Å². The Morgan fingerprint density at radius 3 is 2.89 bits per heavy atom. The Kier molecular flexibility index (Phi) is 3.56. The van der Waals surface area contributed by atoms with E-state index in [1.165, 1.54) is 6.42 Å². The van der Waals surface area contributed by atoms with Crippen molar-refractivity contribution in [2.24, 2.45) is 11.3 Å². The molecular formula is C15H20N2O. The fourth-order valence-corrected chi connectivity index (χ4v) is 3.06. The minimum absolute atomic E-state index is 0.213. The lowest BCUT2D eigenvalue weighted by Gasteiger charge is -2.38. The molecule has 0 radical (unpaired) electrons. The second-order valence-corrected chi connectivity index (χ2v) is 6.15. The molecule has 3 nitrogen and oxygen atoms in total. The summed E-state index contributed by atoms with van der Waals surface area (Å²) in [5, 5.41) is 8.86. The molecule has 1 aromatic rings. The van der Waals surface area contributed by atoms with E-state index in [-0.39, 0.29) is 6.10 Å². The van der Waals surface area contributed by atoms with Crippen LogP contribution in [0.5, 0.6) is 5.88 Å². The number of ether oxygens (including phenoxy) is 1. The van der Waals surface area contributed by atoms with E-state index in [1.807, 2.05) is 0 Å². The van der Waals surface area contributed by atoms with Crippen molar-refractivity contribution in [2.45, 2.75) is 46.1 Å². The maximum atomic E-state index is 8.86. The molecule has 0 bridgehead atoms. The van der Waals surface area contributed by atoms with Gasteiger partial charge in [-0.25, -0.2) is 4.98 Å². The van der Waals surface area contributed by atoms with E-state index >= 15 is 0 Å². The summed E-state index contributed by atoms with van der Waals surface area (Å²) in [6.07, 6.45) is 5.21. The third-order valence-electron chi connectivity index (χ3n) is 3.50. The van der Waals surface area contributed by atoms with E-state index in [1.54, 1.807) is 18.3 Å². The van der Waals surface area contributed by atoms with Crippen LogP contribution < -0.4 is 4.74 Å². The van der Waals surface area contributed by atoms with Crippen LogP contribution >= 0.6 is 0 Å². The van der Waals surface area contributed by atoms with Gasteiger partial charge in [-0.2, -0.15) is 5.26 Å². The van der Waals surface area contributed by atoms with Gasteiger partial charge in [0, 0.05) is 12.3 Å². The average Bonchev–Trinajstić information content (AvgIpc) is 2.26. The zero-order valence-electron chi connectivity index (χ0n) is 11.3. The summed E-state index contributed by atoms with van der Waals surface area (Å²) in [4.78, 5) is 4.18. The van der Waals surface area contributed by atoms with Gasteiger partial charge < -0.3 is 4.74 Å². The summed E-state index contributed by atoms with van der Waals surface area (Å²) in [6, 6.07) is 5.52. The van der Waals surface area contributed by atoms with Gasteiger partial charge in [-0.3, -0.25) is 0 Å². The molecule has 1 heterocycles. The van der Waals surface area contributed by atoms with Gasteiger partial charge in [0.2, 0.25) is 5.88 Å². The van der Waals surface area contributed by atoms with Crippen LogP contribution in [0.1, 0.15) is 45.6 Å². The van der Waals surface area contributed by atoms with Crippen LogP contribution in [0.2, 0.25) is 0 Å². The van der Waals surface area contributed by atoms with Gasteiger partial charge in [0.25, 0.3) is 0 Å². The van der Waals surface area contributed by atoms with Crippen LogP contribution in [-0.2, 0) is 0 Å². The highest BCUT2D eigenvalue weighted by Crippen LogP contribution is 2.39. The van der Waals surface area contributed by atoms with E-state index < -0.39 is 0 Å². The third kappa shape index (κ3) is 3.22. The Morgan fingerprint density at radius 2 is 2.22 bits per heavy atom. The maximum absolute atomic E-state index is 8.86. The molecule has 0 aliphatic heterocycles. The van der Waals surface area contributed by atoms with Gasteiger partial charge in [-0.15, -0.1) is 0 Å². The zero-order valence-corrected chi connectivity index (χ0v) is 11.3. The van der Waals surface area contributed by atoms with E-state index in [9.17, 15) is 0 Å². The summed E-state index contributed by atoms with van der Waals surface area (Å²) in [6.45, 7) is 6.85. The molecule has 2 atom stereocenters. The highest BCUT2D eigenvalue weighted by molar-refractivity contribution is 5.31. The van der Waals surface area contributed by atoms with Gasteiger partial charge in [0.05, 0.1) is 11.6 Å². The van der Waals surface area contributed by atoms with E-state index in [4.69, 9.17) is 10.00 Å². The first-order valence-electron chi connectivity index (χ1n) is 6.51. The monoisotopic (exact) mass is 244 g/mol. The molecule has 0 N–H and O–H groups in total. The van der Waals surface area contributed by atoms with Crippen molar-refractivity contribution >= 4 is 0 Å². The summed E-state index contributed by atoms with van der Waals surface area (Å²) < 4.78 is 5.94. The SMILES string of the molecule is CC1CC(Oc2cc(C#N)ccn2)CC(C)(C)C1. The Hall–Kier alpha value is -1.56. The van der Waals surface area contributed by atoms with Crippen molar-refractivity contribution in [2.75, 3.05) is 0 Å². The first kappa shape index (κ1) is 12.9. The number of aromatic nitrogens is 1. The molecule has 0 aromatic carbocycles. The molecule has 0 amide bonds. The van der Waals surface area contributed by atoms with Crippen LogP contribution in [0.4, 0.5) is 0 Å². The first-order chi connectivity index (χ1) is 8.48. The molecule has 1 saturated carbocycles. The Labute approximate surface area is 109 Å². The van der Waals surface area contributed by atoms with Gasteiger partial charge >= 0.3 is 0 Å². The average molecular weight is 244 g/mol. The van der Waals surface area contributed by atoms with Crippen LogP contribution in [0, 0.1) is 22.7 Å². The van der Waals surface area contributed by atoms with E-state index in [0.717, 1.165) is 12.8 Å². The predicted octanol–water partition coefficient (Wildman–Crippen LogP) is 3.55. The minimum Gasteiger partial charge on any atom is -0.474 e. The Balaban J connectivity index is 2.07. The standard InChI is InChI=1S/C15H20N2O/c1-11-6-13(9-15(2,3)8-11)18-14-7-12(10-16)4-5-17-14/h4-5,7,11,13H,6,8-9H2,1-3H3. The Bertz CT molecular complexity index is 462. The van der Waals surface area contributed by atoms with Crippen molar-refractivity contribution in [1.29, 1.82) is 5.26 Å². The predicted molar refractivity (Wildman–Crippen MR) is 70.2 cm³/mol. The number of nitrogens with zero attached hydrogens (tertiary/aromatic N) is 2. The van der Waals surface area contributed by atoms with Crippen molar-refractivity contribution < 1.29 is 4.74 Å². The highest BCUT2D eigenvalue weighted by Gasteiger charge is 2.33. The summed E-state index contributed by atoms with van der Waals surface area (Å²) in [7, 11) is 0. The minimum atomic E-state index is 0.213.